The van der Waals surface area contributed by atoms with E-state index in [1.54, 1.807) is 12.1 Å². The van der Waals surface area contributed by atoms with Crippen molar-refractivity contribution >= 4 is 44.8 Å². The molecule has 1 amide bonds. The van der Waals surface area contributed by atoms with Gasteiger partial charge in [0.1, 0.15) is 47.1 Å². The number of carbonyl (C=O) groups is 1. The lowest BCUT2D eigenvalue weighted by Crippen LogP contribution is -2.46. The van der Waals surface area contributed by atoms with Crippen molar-refractivity contribution < 1.29 is 23.4 Å². The van der Waals surface area contributed by atoms with E-state index in [1.165, 1.54) is 28.0 Å². The Labute approximate surface area is 312 Å². The van der Waals surface area contributed by atoms with E-state index in [9.17, 15) is 23.5 Å². The van der Waals surface area contributed by atoms with Gasteiger partial charge in [-0.3, -0.25) is 14.2 Å². The molecule has 278 valence electrons. The van der Waals surface area contributed by atoms with E-state index in [4.69, 9.17) is 10.5 Å². The number of ether oxygens (including phenoxy) is 1. The monoisotopic (exact) mass is 753 g/mol. The lowest BCUT2D eigenvalue weighted by Gasteiger charge is -2.35. The van der Waals surface area contributed by atoms with Crippen LogP contribution in [0.5, 0.6) is 5.75 Å². The third-order valence-corrected chi connectivity index (χ3v) is 11.0. The molecule has 0 spiro atoms. The van der Waals surface area contributed by atoms with Crippen LogP contribution in [-0.2, 0) is 12.1 Å². The smallest absolute Gasteiger partial charge is 0.298 e. The molecule has 5 heterocycles. The number of aliphatic hydroxyl groups is 1. The largest absolute Gasteiger partial charge is 0.490 e. The highest BCUT2D eigenvalue weighted by Crippen LogP contribution is 2.39. The van der Waals surface area contributed by atoms with Crippen molar-refractivity contribution in [3.8, 4) is 11.4 Å². The number of nitrogen functional groups attached to an aromatic ring is 1. The van der Waals surface area contributed by atoms with Crippen LogP contribution in [0.1, 0.15) is 34.5 Å². The van der Waals surface area contributed by atoms with Gasteiger partial charge >= 0.3 is 0 Å². The molecular weight excluding hydrogens is 717 g/mol. The average molecular weight is 754 g/mol. The van der Waals surface area contributed by atoms with Crippen molar-refractivity contribution in [2.45, 2.75) is 37.5 Å². The molecule has 1 saturated heterocycles. The van der Waals surface area contributed by atoms with Crippen molar-refractivity contribution in [2.75, 3.05) is 43.4 Å². The van der Waals surface area contributed by atoms with Gasteiger partial charge in [-0.1, -0.05) is 24.3 Å². The van der Waals surface area contributed by atoms with Gasteiger partial charge < -0.3 is 30.7 Å². The Hall–Kier alpha value is -5.71. The number of piperidine rings is 1. The number of hydrogen-bond acceptors (Lipinski definition) is 11. The standard InChI is InChI=1S/C38H37F2N9O4S/c39-24-6-8-28(29(40)18-24)38(52,21-47-23-42-22-43-47)12-15-46-13-10-25(11-14-46)44-35(50)33-20-31-36(54-33)45-34(41)37(51)49(31)27-7-9-32-30(19-27)48(16-17-53-32)26-4-2-1-3-5-26/h1-9,18-20,22-23,25,52H,10-17,21H2,(H2,41,45)(H,44,50). The molecule has 13 nitrogen and oxygen atoms in total. The number of para-hydroxylation sites is 1. The van der Waals surface area contributed by atoms with E-state index >= 15 is 0 Å². The molecule has 0 aliphatic carbocycles. The van der Waals surface area contributed by atoms with Crippen LogP contribution >= 0.6 is 11.3 Å². The number of benzene rings is 3. The lowest BCUT2D eigenvalue weighted by atomic mass is 9.89. The molecule has 2 aliphatic heterocycles. The van der Waals surface area contributed by atoms with Crippen LogP contribution in [0.2, 0.25) is 0 Å². The van der Waals surface area contributed by atoms with Gasteiger partial charge in [0, 0.05) is 43.0 Å². The molecule has 4 N–H and O–H groups in total. The Balaban J connectivity index is 0.958. The normalized spacial score (nSPS) is 16.2. The zero-order chi connectivity index (χ0) is 37.4. The molecule has 0 bridgehead atoms. The van der Waals surface area contributed by atoms with Crippen molar-refractivity contribution in [1.82, 2.24) is 34.5 Å². The molecular formula is C38H37F2N9O4S. The molecule has 2 aliphatic rings. The molecule has 3 aromatic heterocycles. The van der Waals surface area contributed by atoms with Gasteiger partial charge in [0.05, 0.1) is 34.9 Å². The van der Waals surface area contributed by atoms with E-state index in [-0.39, 0.29) is 36.3 Å². The molecule has 1 fully saturated rings. The maximum Gasteiger partial charge on any atom is 0.298 e. The van der Waals surface area contributed by atoms with E-state index in [2.05, 4.69) is 30.2 Å². The van der Waals surface area contributed by atoms with Crippen molar-refractivity contribution in [2.24, 2.45) is 0 Å². The number of fused-ring (bicyclic) bond motifs is 2. The minimum atomic E-state index is -1.66. The minimum absolute atomic E-state index is 0.0126. The molecule has 1 atom stereocenters. The number of anilines is 3. The number of aromatic nitrogens is 5. The number of hydrogen-bond donors (Lipinski definition) is 3. The van der Waals surface area contributed by atoms with Gasteiger partial charge in [-0.15, -0.1) is 11.3 Å². The van der Waals surface area contributed by atoms with Crippen LogP contribution in [0.25, 0.3) is 16.0 Å². The number of nitrogens with zero attached hydrogens (tertiary/aromatic N) is 7. The van der Waals surface area contributed by atoms with E-state index < -0.39 is 22.8 Å². The quantitative estimate of drug-likeness (QED) is 0.181. The second-order valence-corrected chi connectivity index (χ2v) is 14.5. The van der Waals surface area contributed by atoms with Gasteiger partial charge in [0.2, 0.25) is 0 Å². The first kappa shape index (κ1) is 35.3. The predicted molar refractivity (Wildman–Crippen MR) is 200 cm³/mol. The summed E-state index contributed by atoms with van der Waals surface area (Å²) >= 11 is 1.16. The van der Waals surface area contributed by atoms with Crippen LogP contribution in [0, 0.1) is 11.6 Å². The number of carbonyl (C=O) groups excluding carboxylic acids is 1. The first-order chi connectivity index (χ1) is 26.1. The summed E-state index contributed by atoms with van der Waals surface area (Å²) < 4.78 is 37.4. The third-order valence-electron chi connectivity index (χ3n) is 10.0. The number of halogens is 2. The molecule has 6 aromatic rings. The minimum Gasteiger partial charge on any atom is -0.490 e. The first-order valence-electron chi connectivity index (χ1n) is 17.6. The lowest BCUT2D eigenvalue weighted by molar-refractivity contribution is -0.00756. The molecule has 3 aromatic carbocycles. The second kappa shape index (κ2) is 14.6. The van der Waals surface area contributed by atoms with Crippen molar-refractivity contribution in [3.63, 3.8) is 0 Å². The fourth-order valence-corrected chi connectivity index (χ4v) is 8.16. The summed E-state index contributed by atoms with van der Waals surface area (Å²) in [5, 5.41) is 18.9. The Morgan fingerprint density at radius 1 is 1.04 bits per heavy atom. The Bertz CT molecular complexity index is 2360. The summed E-state index contributed by atoms with van der Waals surface area (Å²) in [6.45, 7) is 2.78. The third kappa shape index (κ3) is 7.02. The van der Waals surface area contributed by atoms with Gasteiger partial charge in [-0.25, -0.2) is 23.4 Å². The number of nitrogens with one attached hydrogen (secondary N) is 1. The Morgan fingerprint density at radius 3 is 2.61 bits per heavy atom. The summed E-state index contributed by atoms with van der Waals surface area (Å²) in [5.41, 5.74) is 6.80. The fourth-order valence-electron chi connectivity index (χ4n) is 7.23. The highest BCUT2D eigenvalue weighted by Gasteiger charge is 2.35. The molecule has 1 unspecified atom stereocenters. The second-order valence-electron chi connectivity index (χ2n) is 13.5. The van der Waals surface area contributed by atoms with Crippen molar-refractivity contribution in [3.05, 3.63) is 118 Å². The topological polar surface area (TPSA) is 157 Å². The number of amides is 1. The van der Waals surface area contributed by atoms with Crippen molar-refractivity contribution in [1.29, 1.82) is 0 Å². The molecule has 0 saturated carbocycles. The average Bonchev–Trinajstić information content (AvgIpc) is 3.85. The Kier molecular flexibility index (Phi) is 9.56. The number of nitrogens with two attached hydrogens (primary N) is 1. The van der Waals surface area contributed by atoms with Gasteiger partial charge in [0.15, 0.2) is 5.82 Å². The maximum absolute atomic E-state index is 14.9. The number of thiophene rings is 1. The highest BCUT2D eigenvalue weighted by atomic mass is 32.1. The number of likely N-dealkylation sites (tertiary alicyclic amines) is 1. The first-order valence-corrected chi connectivity index (χ1v) is 18.4. The van der Waals surface area contributed by atoms with Crippen LogP contribution < -0.4 is 26.2 Å². The SMILES string of the molecule is Nc1nc2sc(C(=O)NC3CCN(CCC(O)(Cn4cncn4)c4ccc(F)cc4F)CC3)cc2n(-c2ccc3c(c2)N(c2ccccc2)CCO3)c1=O. The predicted octanol–water partition coefficient (Wildman–Crippen LogP) is 4.60. The van der Waals surface area contributed by atoms with Crippen LogP contribution in [0.4, 0.5) is 26.0 Å². The summed E-state index contributed by atoms with van der Waals surface area (Å²) in [7, 11) is 0. The van der Waals surface area contributed by atoms with Gasteiger partial charge in [-0.05, 0) is 61.7 Å². The summed E-state index contributed by atoms with van der Waals surface area (Å²) in [6, 6.07) is 20.2. The highest BCUT2D eigenvalue weighted by molar-refractivity contribution is 7.20. The summed E-state index contributed by atoms with van der Waals surface area (Å²) in [5.74, 6) is -1.32. The Morgan fingerprint density at radius 2 is 1.85 bits per heavy atom. The zero-order valence-corrected chi connectivity index (χ0v) is 29.9. The molecule has 8 rings (SSSR count). The summed E-state index contributed by atoms with van der Waals surface area (Å²) in [6.07, 6.45) is 4.22. The molecule has 54 heavy (non-hydrogen) atoms. The van der Waals surface area contributed by atoms with E-state index in [0.29, 0.717) is 72.3 Å². The van der Waals surface area contributed by atoms with E-state index in [1.807, 2.05) is 42.5 Å². The zero-order valence-electron chi connectivity index (χ0n) is 29.1. The maximum atomic E-state index is 14.9. The summed E-state index contributed by atoms with van der Waals surface area (Å²) in [4.78, 5) is 40.5. The molecule has 16 heteroatoms. The van der Waals surface area contributed by atoms with Crippen LogP contribution in [-0.4, -0.2) is 79.1 Å². The van der Waals surface area contributed by atoms with Crippen LogP contribution in [0.15, 0.2) is 90.2 Å². The van der Waals surface area contributed by atoms with Gasteiger partial charge in [0.25, 0.3) is 11.5 Å². The fraction of sp³-hybridized carbons (Fsp3) is 0.289. The van der Waals surface area contributed by atoms with Crippen LogP contribution in [0.3, 0.4) is 0 Å². The number of rotatable bonds is 10. The molecule has 0 radical (unpaired) electrons. The van der Waals surface area contributed by atoms with Gasteiger partial charge in [-0.2, -0.15) is 5.10 Å². The van der Waals surface area contributed by atoms with E-state index in [0.717, 1.165) is 34.8 Å².